The Morgan fingerprint density at radius 2 is 1.81 bits per heavy atom. The van der Waals surface area contributed by atoms with Crippen LogP contribution in [0.1, 0.15) is 66.8 Å². The van der Waals surface area contributed by atoms with Gasteiger partial charge in [0.25, 0.3) is 11.5 Å². The van der Waals surface area contributed by atoms with E-state index in [9.17, 15) is 9.59 Å². The summed E-state index contributed by atoms with van der Waals surface area (Å²) >= 11 is 1.66. The summed E-state index contributed by atoms with van der Waals surface area (Å²) < 4.78 is 1.64. The van der Waals surface area contributed by atoms with Crippen LogP contribution in [0.5, 0.6) is 0 Å². The Labute approximate surface area is 194 Å². The van der Waals surface area contributed by atoms with E-state index < -0.39 is 0 Å². The molecule has 5 nitrogen and oxygen atoms in total. The number of thioether (sulfide) groups is 1. The Balaban J connectivity index is 1.39. The highest BCUT2D eigenvalue weighted by atomic mass is 32.2. The average Bonchev–Trinajstić information content (AvgIpc) is 2.85. The summed E-state index contributed by atoms with van der Waals surface area (Å²) in [6.45, 7) is 3.24. The lowest BCUT2D eigenvalue weighted by molar-refractivity contribution is 0.0620. The first-order valence-corrected chi connectivity index (χ1v) is 13.3. The second-order valence-electron chi connectivity index (χ2n) is 9.61. The molecular weight excluding hydrogens is 418 g/mol. The Morgan fingerprint density at radius 1 is 1.03 bits per heavy atom. The maximum absolute atomic E-state index is 13.0. The Kier molecular flexibility index (Phi) is 6.42. The number of fused-ring (bicyclic) bond motifs is 3. The van der Waals surface area contributed by atoms with E-state index in [-0.39, 0.29) is 17.5 Å². The molecule has 0 radical (unpaired) electrons. The molecule has 1 aromatic carbocycles. The van der Waals surface area contributed by atoms with Gasteiger partial charge < -0.3 is 10.2 Å². The van der Waals surface area contributed by atoms with E-state index in [4.69, 9.17) is 0 Å². The van der Waals surface area contributed by atoms with Crippen molar-refractivity contribution in [1.82, 2.24) is 14.8 Å². The fraction of sp³-hybridized carbons (Fsp3) is 0.538. The number of piperidine rings is 3. The number of nitrogens with zero attached hydrogens (tertiary/aromatic N) is 2. The van der Waals surface area contributed by atoms with Crippen molar-refractivity contribution in [3.05, 3.63) is 58.0 Å². The molecule has 1 aliphatic carbocycles. The maximum atomic E-state index is 13.0. The molecule has 4 heterocycles. The number of carbonyl (C=O) groups is 1. The van der Waals surface area contributed by atoms with Crippen LogP contribution in [-0.2, 0) is 0 Å². The fourth-order valence-corrected chi connectivity index (χ4v) is 6.40. The molecule has 1 aromatic heterocycles. The summed E-state index contributed by atoms with van der Waals surface area (Å²) in [5.41, 5.74) is 2.68. The van der Waals surface area contributed by atoms with Crippen LogP contribution in [0.25, 0.3) is 5.69 Å². The van der Waals surface area contributed by atoms with Crippen molar-refractivity contribution in [2.24, 2.45) is 5.92 Å². The first-order valence-electron chi connectivity index (χ1n) is 12.1. The third-order valence-corrected chi connectivity index (χ3v) is 8.45. The third-order valence-electron chi connectivity index (χ3n) is 7.69. The quantitative estimate of drug-likeness (QED) is 0.684. The molecule has 1 saturated carbocycles. The summed E-state index contributed by atoms with van der Waals surface area (Å²) in [7, 11) is 0. The number of amides is 1. The highest BCUT2D eigenvalue weighted by molar-refractivity contribution is 7.98. The first kappa shape index (κ1) is 21.8. The fourth-order valence-electron chi connectivity index (χ4n) is 5.77. The molecule has 170 valence electrons. The van der Waals surface area contributed by atoms with Crippen molar-refractivity contribution in [2.45, 2.75) is 61.8 Å². The normalized spacial score (nSPS) is 25.6. The molecule has 3 saturated heterocycles. The molecule has 2 aromatic rings. The highest BCUT2D eigenvalue weighted by Crippen LogP contribution is 2.35. The molecule has 6 heteroatoms. The van der Waals surface area contributed by atoms with Gasteiger partial charge in [-0.25, -0.2) is 0 Å². The van der Waals surface area contributed by atoms with Gasteiger partial charge in [-0.3, -0.25) is 14.2 Å². The van der Waals surface area contributed by atoms with E-state index in [0.717, 1.165) is 43.1 Å². The number of aromatic nitrogens is 1. The van der Waals surface area contributed by atoms with Crippen LogP contribution in [0.15, 0.2) is 46.2 Å². The molecule has 4 aliphatic rings. The van der Waals surface area contributed by atoms with Gasteiger partial charge in [0.2, 0.25) is 0 Å². The zero-order valence-electron chi connectivity index (χ0n) is 18.9. The number of hydrogen-bond donors (Lipinski definition) is 1. The molecule has 1 unspecified atom stereocenters. The summed E-state index contributed by atoms with van der Waals surface area (Å²) in [6, 6.07) is 9.88. The van der Waals surface area contributed by atoms with Gasteiger partial charge in [-0.1, -0.05) is 25.3 Å². The summed E-state index contributed by atoms with van der Waals surface area (Å²) in [6.07, 6.45) is 12.5. The summed E-state index contributed by atoms with van der Waals surface area (Å²) in [4.78, 5) is 29.3. The Hall–Kier alpha value is -2.05. The van der Waals surface area contributed by atoms with Crippen molar-refractivity contribution < 1.29 is 4.79 Å². The van der Waals surface area contributed by atoms with Gasteiger partial charge in [0.1, 0.15) is 0 Å². The topological polar surface area (TPSA) is 54.3 Å². The molecule has 1 N–H and O–H groups in total. The maximum Gasteiger partial charge on any atom is 0.255 e. The van der Waals surface area contributed by atoms with E-state index in [0.29, 0.717) is 17.4 Å². The van der Waals surface area contributed by atoms with E-state index in [2.05, 4.69) is 34.7 Å². The van der Waals surface area contributed by atoms with Crippen LogP contribution in [0, 0.1) is 5.92 Å². The molecule has 32 heavy (non-hydrogen) atoms. The standard InChI is InChI=1S/C26H33N3O2S/c1-32-24-15-20(18-5-3-2-4-6-18)7-9-23(24)29-16-21(8-10-25(29)30)26(31)27-22-17-28-13-11-19(22)12-14-28/h7-10,15-16,18-19,22H,2-6,11-14,17H2,1H3,(H,27,31). The van der Waals surface area contributed by atoms with E-state index in [1.807, 2.05) is 0 Å². The van der Waals surface area contributed by atoms with Gasteiger partial charge in [-0.2, -0.15) is 0 Å². The first-order chi connectivity index (χ1) is 15.6. The molecule has 1 atom stereocenters. The molecule has 3 aliphatic heterocycles. The smallest absolute Gasteiger partial charge is 0.255 e. The largest absolute Gasteiger partial charge is 0.348 e. The lowest BCUT2D eigenvalue weighted by Crippen LogP contribution is -2.57. The van der Waals surface area contributed by atoms with Crippen LogP contribution in [0.3, 0.4) is 0 Å². The second-order valence-corrected chi connectivity index (χ2v) is 10.5. The molecule has 1 amide bonds. The zero-order chi connectivity index (χ0) is 22.1. The van der Waals surface area contributed by atoms with Crippen LogP contribution in [-0.4, -0.2) is 47.3 Å². The van der Waals surface area contributed by atoms with Gasteiger partial charge in [-0.15, -0.1) is 11.8 Å². The van der Waals surface area contributed by atoms with Gasteiger partial charge >= 0.3 is 0 Å². The lowest BCUT2D eigenvalue weighted by atomic mass is 9.84. The minimum atomic E-state index is -0.106. The van der Waals surface area contributed by atoms with Crippen molar-refractivity contribution >= 4 is 17.7 Å². The number of benzene rings is 1. The van der Waals surface area contributed by atoms with Crippen LogP contribution in [0.4, 0.5) is 0 Å². The number of pyridine rings is 1. The number of hydrogen-bond acceptors (Lipinski definition) is 4. The number of nitrogens with one attached hydrogen (secondary N) is 1. The molecule has 6 rings (SSSR count). The molecule has 4 fully saturated rings. The Bertz CT molecular complexity index is 1040. The average molecular weight is 452 g/mol. The highest BCUT2D eigenvalue weighted by Gasteiger charge is 2.35. The van der Waals surface area contributed by atoms with E-state index in [1.165, 1.54) is 43.7 Å². The van der Waals surface area contributed by atoms with Crippen molar-refractivity contribution in [2.75, 3.05) is 25.9 Å². The number of carbonyl (C=O) groups excluding carboxylic acids is 1. The van der Waals surface area contributed by atoms with E-state index in [1.54, 1.807) is 28.6 Å². The summed E-state index contributed by atoms with van der Waals surface area (Å²) in [5.74, 6) is 1.12. The SMILES string of the molecule is CSc1cc(C2CCCCC2)ccc1-n1cc(C(=O)NC2CN3CCC2CC3)ccc1=O. The van der Waals surface area contributed by atoms with E-state index >= 15 is 0 Å². The van der Waals surface area contributed by atoms with Gasteiger partial charge in [-0.05, 0) is 80.6 Å². The second kappa shape index (κ2) is 9.44. The minimum absolute atomic E-state index is 0.0815. The number of rotatable bonds is 5. The van der Waals surface area contributed by atoms with Gasteiger partial charge in [0.05, 0.1) is 11.3 Å². The van der Waals surface area contributed by atoms with Crippen LogP contribution >= 0.6 is 11.8 Å². The Morgan fingerprint density at radius 3 is 2.50 bits per heavy atom. The van der Waals surface area contributed by atoms with Gasteiger partial charge in [0, 0.05) is 29.7 Å². The van der Waals surface area contributed by atoms with Crippen molar-refractivity contribution in [3.63, 3.8) is 0 Å². The summed E-state index contributed by atoms with van der Waals surface area (Å²) in [5, 5.41) is 3.24. The third kappa shape index (κ3) is 4.40. The van der Waals surface area contributed by atoms with Crippen LogP contribution in [0.2, 0.25) is 0 Å². The lowest BCUT2D eigenvalue weighted by Gasteiger charge is -2.44. The monoisotopic (exact) mass is 451 g/mol. The predicted molar refractivity (Wildman–Crippen MR) is 130 cm³/mol. The van der Waals surface area contributed by atoms with Crippen molar-refractivity contribution in [1.29, 1.82) is 0 Å². The predicted octanol–water partition coefficient (Wildman–Crippen LogP) is 4.43. The van der Waals surface area contributed by atoms with Crippen molar-refractivity contribution in [3.8, 4) is 5.69 Å². The molecule has 0 spiro atoms. The molecule has 2 bridgehead atoms. The zero-order valence-corrected chi connectivity index (χ0v) is 19.7. The molecular formula is C26H33N3O2S. The van der Waals surface area contributed by atoms with Gasteiger partial charge in [0.15, 0.2) is 0 Å². The minimum Gasteiger partial charge on any atom is -0.348 e. The van der Waals surface area contributed by atoms with Crippen LogP contribution < -0.4 is 10.9 Å².